The Hall–Kier alpha value is -2.96. The van der Waals surface area contributed by atoms with Crippen molar-refractivity contribution < 1.29 is 23.9 Å². The van der Waals surface area contributed by atoms with E-state index in [-0.39, 0.29) is 6.61 Å². The van der Waals surface area contributed by atoms with Gasteiger partial charge in [0.05, 0.1) is 13.4 Å². The standard InChI is InChI=1S/C19H16ClNO5/c1-24-19-17-14(8-9-25-17)10-13(4-7-16(22)21-23)18(19)26-11-12-2-5-15(20)6-3-12/h2-10,23H,11H2,1H3,(H,21,22)/b7-4+. The molecule has 0 aliphatic heterocycles. The second-order valence-corrected chi connectivity index (χ2v) is 5.83. The number of ether oxygens (including phenoxy) is 2. The summed E-state index contributed by atoms with van der Waals surface area (Å²) in [4.78, 5) is 11.3. The van der Waals surface area contributed by atoms with E-state index in [1.54, 1.807) is 36.0 Å². The summed E-state index contributed by atoms with van der Waals surface area (Å²) in [6.45, 7) is 0.271. The molecule has 0 unspecified atom stereocenters. The van der Waals surface area contributed by atoms with Gasteiger partial charge >= 0.3 is 0 Å². The number of hydroxylamine groups is 1. The number of carbonyl (C=O) groups excluding carboxylic acids is 1. The molecule has 7 heteroatoms. The molecule has 0 atom stereocenters. The number of nitrogens with one attached hydrogen (secondary N) is 1. The Morgan fingerprint density at radius 2 is 2.04 bits per heavy atom. The first-order chi connectivity index (χ1) is 12.6. The van der Waals surface area contributed by atoms with Crippen molar-refractivity contribution in [3.63, 3.8) is 0 Å². The molecule has 0 aliphatic rings. The van der Waals surface area contributed by atoms with Crippen molar-refractivity contribution in [3.8, 4) is 11.5 Å². The highest BCUT2D eigenvalue weighted by molar-refractivity contribution is 6.30. The Balaban J connectivity index is 2.00. The minimum absolute atomic E-state index is 0.271. The number of carbonyl (C=O) groups is 1. The van der Waals surface area contributed by atoms with Crippen molar-refractivity contribution in [2.24, 2.45) is 0 Å². The van der Waals surface area contributed by atoms with Gasteiger partial charge in [0.15, 0.2) is 11.3 Å². The van der Waals surface area contributed by atoms with Crippen molar-refractivity contribution in [1.82, 2.24) is 5.48 Å². The van der Waals surface area contributed by atoms with Crippen LogP contribution in [0.5, 0.6) is 11.5 Å². The van der Waals surface area contributed by atoms with Crippen LogP contribution in [0.4, 0.5) is 0 Å². The average Bonchev–Trinajstić information content (AvgIpc) is 3.13. The molecule has 1 heterocycles. The summed E-state index contributed by atoms with van der Waals surface area (Å²) < 4.78 is 16.9. The highest BCUT2D eigenvalue weighted by Crippen LogP contribution is 2.40. The quantitative estimate of drug-likeness (QED) is 0.384. The molecule has 3 aromatic rings. The van der Waals surface area contributed by atoms with Gasteiger partial charge in [0.25, 0.3) is 5.91 Å². The molecule has 1 aromatic heterocycles. The van der Waals surface area contributed by atoms with Crippen molar-refractivity contribution in [2.75, 3.05) is 7.11 Å². The summed E-state index contributed by atoms with van der Waals surface area (Å²) in [5.41, 5.74) is 3.61. The van der Waals surface area contributed by atoms with E-state index < -0.39 is 5.91 Å². The van der Waals surface area contributed by atoms with E-state index >= 15 is 0 Å². The maximum Gasteiger partial charge on any atom is 0.267 e. The lowest BCUT2D eigenvalue weighted by Crippen LogP contribution is -2.14. The zero-order valence-electron chi connectivity index (χ0n) is 13.9. The maximum atomic E-state index is 11.3. The molecular formula is C19H16ClNO5. The molecule has 0 saturated carbocycles. The number of benzene rings is 2. The van der Waals surface area contributed by atoms with Crippen LogP contribution in [0.15, 0.2) is 53.2 Å². The number of fused-ring (bicyclic) bond motifs is 1. The van der Waals surface area contributed by atoms with Crippen molar-refractivity contribution in [1.29, 1.82) is 0 Å². The van der Waals surface area contributed by atoms with Crippen LogP contribution >= 0.6 is 11.6 Å². The summed E-state index contributed by atoms with van der Waals surface area (Å²) in [5, 5.41) is 10.1. The van der Waals surface area contributed by atoms with E-state index in [1.807, 2.05) is 12.1 Å². The lowest BCUT2D eigenvalue weighted by atomic mass is 10.1. The molecular weight excluding hydrogens is 358 g/mol. The predicted octanol–water partition coefficient (Wildman–Crippen LogP) is 4.19. The third-order valence-electron chi connectivity index (χ3n) is 3.71. The molecule has 0 aliphatic carbocycles. The molecule has 1 amide bonds. The third-order valence-corrected chi connectivity index (χ3v) is 3.96. The average molecular weight is 374 g/mol. The van der Waals surface area contributed by atoms with Gasteiger partial charge in [-0.25, -0.2) is 5.48 Å². The summed E-state index contributed by atoms with van der Waals surface area (Å²) in [7, 11) is 1.51. The van der Waals surface area contributed by atoms with Crippen molar-refractivity contribution >= 4 is 34.6 Å². The summed E-state index contributed by atoms with van der Waals surface area (Å²) in [6, 6.07) is 10.9. The maximum absolute atomic E-state index is 11.3. The van der Waals surface area contributed by atoms with Crippen molar-refractivity contribution in [3.05, 3.63) is 64.9 Å². The van der Waals surface area contributed by atoms with Crippen LogP contribution in [0.1, 0.15) is 11.1 Å². The Bertz CT molecular complexity index is 946. The van der Waals surface area contributed by atoms with E-state index in [0.717, 1.165) is 10.9 Å². The SMILES string of the molecule is COc1c(OCc2ccc(Cl)cc2)c(/C=C/C(=O)NO)cc2ccoc12. The smallest absolute Gasteiger partial charge is 0.267 e. The minimum atomic E-state index is -0.653. The van der Waals surface area contributed by atoms with Gasteiger partial charge in [-0.15, -0.1) is 0 Å². The normalized spacial score (nSPS) is 11.0. The number of hydrogen-bond donors (Lipinski definition) is 2. The Labute approximate surface area is 154 Å². The summed E-state index contributed by atoms with van der Waals surface area (Å²) >= 11 is 5.90. The third kappa shape index (κ3) is 3.82. The van der Waals surface area contributed by atoms with Gasteiger partial charge in [0.1, 0.15) is 6.61 Å². The van der Waals surface area contributed by atoms with Crippen LogP contribution in [0.3, 0.4) is 0 Å². The molecule has 0 bridgehead atoms. The predicted molar refractivity (Wildman–Crippen MR) is 97.5 cm³/mol. The van der Waals surface area contributed by atoms with Gasteiger partial charge in [-0.3, -0.25) is 10.0 Å². The molecule has 6 nitrogen and oxygen atoms in total. The molecule has 134 valence electrons. The lowest BCUT2D eigenvalue weighted by molar-refractivity contribution is -0.124. The number of furan rings is 1. The number of rotatable bonds is 6. The topological polar surface area (TPSA) is 80.9 Å². The van der Waals surface area contributed by atoms with Gasteiger partial charge in [-0.05, 0) is 35.9 Å². The Morgan fingerprint density at radius 1 is 1.27 bits per heavy atom. The van der Waals surface area contributed by atoms with Crippen LogP contribution in [-0.4, -0.2) is 18.2 Å². The van der Waals surface area contributed by atoms with E-state index in [4.69, 9.17) is 30.7 Å². The monoisotopic (exact) mass is 373 g/mol. The molecule has 0 radical (unpaired) electrons. The fraction of sp³-hybridized carbons (Fsp3) is 0.105. The highest BCUT2D eigenvalue weighted by atomic mass is 35.5. The van der Waals surface area contributed by atoms with E-state index in [2.05, 4.69) is 0 Å². The van der Waals surface area contributed by atoms with E-state index in [0.29, 0.717) is 27.7 Å². The van der Waals surface area contributed by atoms with Gasteiger partial charge in [0, 0.05) is 22.0 Å². The van der Waals surface area contributed by atoms with Crippen LogP contribution in [0, 0.1) is 0 Å². The van der Waals surface area contributed by atoms with Crippen LogP contribution < -0.4 is 15.0 Å². The van der Waals surface area contributed by atoms with Crippen LogP contribution in [-0.2, 0) is 11.4 Å². The summed E-state index contributed by atoms with van der Waals surface area (Å²) in [6.07, 6.45) is 4.26. The molecule has 2 N–H and O–H groups in total. The molecule has 26 heavy (non-hydrogen) atoms. The van der Waals surface area contributed by atoms with E-state index in [1.165, 1.54) is 19.3 Å². The van der Waals surface area contributed by atoms with Gasteiger partial charge < -0.3 is 13.9 Å². The second-order valence-electron chi connectivity index (χ2n) is 5.39. The van der Waals surface area contributed by atoms with Gasteiger partial charge in [0.2, 0.25) is 5.75 Å². The first-order valence-electron chi connectivity index (χ1n) is 7.70. The van der Waals surface area contributed by atoms with Crippen molar-refractivity contribution in [2.45, 2.75) is 6.61 Å². The number of halogens is 1. The number of amides is 1. The van der Waals surface area contributed by atoms with Crippen LogP contribution in [0.2, 0.25) is 5.02 Å². The first-order valence-corrected chi connectivity index (χ1v) is 8.07. The lowest BCUT2D eigenvalue weighted by Gasteiger charge is -2.14. The second kappa shape index (κ2) is 7.95. The molecule has 0 saturated heterocycles. The zero-order valence-corrected chi connectivity index (χ0v) is 14.6. The first kappa shape index (κ1) is 17.8. The molecule has 0 spiro atoms. The number of hydrogen-bond acceptors (Lipinski definition) is 5. The van der Waals surface area contributed by atoms with Gasteiger partial charge in [-0.1, -0.05) is 23.7 Å². The summed E-state index contributed by atoms with van der Waals surface area (Å²) in [5.74, 6) is 0.192. The number of methoxy groups -OCH3 is 1. The van der Waals surface area contributed by atoms with Crippen LogP contribution in [0.25, 0.3) is 17.0 Å². The fourth-order valence-electron chi connectivity index (χ4n) is 2.48. The van der Waals surface area contributed by atoms with E-state index in [9.17, 15) is 4.79 Å². The molecule has 0 fully saturated rings. The molecule has 3 rings (SSSR count). The molecule has 2 aromatic carbocycles. The fourth-order valence-corrected chi connectivity index (χ4v) is 2.61. The van der Waals surface area contributed by atoms with Gasteiger partial charge in [-0.2, -0.15) is 0 Å². The minimum Gasteiger partial charge on any atom is -0.490 e. The largest absolute Gasteiger partial charge is 0.490 e. The zero-order chi connectivity index (χ0) is 18.5. The Morgan fingerprint density at radius 3 is 2.73 bits per heavy atom. The highest BCUT2D eigenvalue weighted by Gasteiger charge is 2.17. The Kier molecular flexibility index (Phi) is 5.46.